The van der Waals surface area contributed by atoms with E-state index in [-0.39, 0.29) is 6.04 Å². The molecule has 2 heterocycles. The van der Waals surface area contributed by atoms with E-state index >= 15 is 0 Å². The van der Waals surface area contributed by atoms with Crippen molar-refractivity contribution in [2.45, 2.75) is 25.8 Å². The van der Waals surface area contributed by atoms with Crippen LogP contribution in [0.3, 0.4) is 0 Å². The summed E-state index contributed by atoms with van der Waals surface area (Å²) >= 11 is 0. The van der Waals surface area contributed by atoms with Gasteiger partial charge in [-0.2, -0.15) is 0 Å². The predicted octanol–water partition coefficient (Wildman–Crippen LogP) is 3.07. The first-order chi connectivity index (χ1) is 12.1. The first-order valence-corrected chi connectivity index (χ1v) is 8.92. The van der Waals surface area contributed by atoms with Gasteiger partial charge in [0.25, 0.3) is 5.91 Å². The third-order valence-electron chi connectivity index (χ3n) is 5.02. The summed E-state index contributed by atoms with van der Waals surface area (Å²) in [4.78, 5) is 18.1. The zero-order valence-electron chi connectivity index (χ0n) is 14.7. The molecule has 1 aromatic heterocycles. The number of amides is 1. The minimum absolute atomic E-state index is 0.266. The summed E-state index contributed by atoms with van der Waals surface area (Å²) < 4.78 is 0. The second-order valence-corrected chi connectivity index (χ2v) is 6.81. The minimum atomic E-state index is -0.460. The molecule has 0 aliphatic carbocycles. The van der Waals surface area contributed by atoms with Crippen LogP contribution in [0.25, 0.3) is 0 Å². The maximum atomic E-state index is 11.6. The van der Waals surface area contributed by atoms with E-state index in [0.29, 0.717) is 5.56 Å². The van der Waals surface area contributed by atoms with Gasteiger partial charge in [-0.15, -0.1) is 0 Å². The highest BCUT2D eigenvalue weighted by molar-refractivity contribution is 5.98. The lowest BCUT2D eigenvalue weighted by atomic mass is 9.95. The quantitative estimate of drug-likeness (QED) is 0.849. The number of carbonyl (C=O) groups is 1. The number of benzene rings is 1. The van der Waals surface area contributed by atoms with Gasteiger partial charge in [0.05, 0.1) is 17.3 Å². The van der Waals surface area contributed by atoms with Crippen molar-refractivity contribution in [3.8, 4) is 0 Å². The lowest BCUT2D eigenvalue weighted by molar-refractivity contribution is 0.100. The van der Waals surface area contributed by atoms with Gasteiger partial charge in [0.1, 0.15) is 0 Å². The van der Waals surface area contributed by atoms with Crippen LogP contribution in [0.5, 0.6) is 0 Å². The SMILES string of the molecule is CC1CCN(C(CNc2ccncc2C(N)=O)c2ccccc2)CC1. The summed E-state index contributed by atoms with van der Waals surface area (Å²) in [6, 6.07) is 12.6. The Morgan fingerprint density at radius 3 is 2.68 bits per heavy atom. The van der Waals surface area contributed by atoms with E-state index in [1.54, 1.807) is 12.3 Å². The van der Waals surface area contributed by atoms with Crippen LogP contribution in [-0.2, 0) is 0 Å². The summed E-state index contributed by atoms with van der Waals surface area (Å²) in [6.45, 7) is 5.24. The average Bonchev–Trinajstić information content (AvgIpc) is 2.64. The third-order valence-corrected chi connectivity index (χ3v) is 5.02. The Morgan fingerprint density at radius 2 is 2.00 bits per heavy atom. The van der Waals surface area contributed by atoms with Gasteiger partial charge in [-0.3, -0.25) is 14.7 Å². The smallest absolute Gasteiger partial charge is 0.252 e. The van der Waals surface area contributed by atoms with Crippen molar-refractivity contribution in [1.82, 2.24) is 9.88 Å². The molecule has 1 saturated heterocycles. The molecule has 1 aromatic carbocycles. The number of hydrogen-bond acceptors (Lipinski definition) is 4. The van der Waals surface area contributed by atoms with E-state index in [9.17, 15) is 4.79 Å². The fraction of sp³-hybridized carbons (Fsp3) is 0.400. The molecule has 1 amide bonds. The first kappa shape index (κ1) is 17.4. The topological polar surface area (TPSA) is 71.2 Å². The maximum absolute atomic E-state index is 11.6. The highest BCUT2D eigenvalue weighted by Gasteiger charge is 2.24. The van der Waals surface area contributed by atoms with Crippen molar-refractivity contribution in [3.63, 3.8) is 0 Å². The van der Waals surface area contributed by atoms with Gasteiger partial charge in [0.2, 0.25) is 0 Å². The maximum Gasteiger partial charge on any atom is 0.252 e. The van der Waals surface area contributed by atoms with Crippen LogP contribution in [0.1, 0.15) is 41.7 Å². The van der Waals surface area contributed by atoms with E-state index in [1.807, 2.05) is 6.07 Å². The molecule has 5 nitrogen and oxygen atoms in total. The molecule has 5 heteroatoms. The number of likely N-dealkylation sites (tertiary alicyclic amines) is 1. The molecule has 2 aromatic rings. The van der Waals surface area contributed by atoms with Crippen molar-refractivity contribution < 1.29 is 4.79 Å². The predicted molar refractivity (Wildman–Crippen MR) is 100 cm³/mol. The Bertz CT molecular complexity index is 696. The van der Waals surface area contributed by atoms with Crippen molar-refractivity contribution in [1.29, 1.82) is 0 Å². The summed E-state index contributed by atoms with van der Waals surface area (Å²) in [7, 11) is 0. The number of anilines is 1. The van der Waals surface area contributed by atoms with Crippen LogP contribution >= 0.6 is 0 Å². The summed E-state index contributed by atoms with van der Waals surface area (Å²) in [5, 5.41) is 3.42. The standard InChI is InChI=1S/C20H26N4O/c1-15-8-11-24(12-9-15)19(16-5-3-2-4-6-16)14-23-18-7-10-22-13-17(18)20(21)25/h2-7,10,13,15,19H,8-9,11-12,14H2,1H3,(H2,21,25)(H,22,23). The number of nitrogens with one attached hydrogen (secondary N) is 1. The molecule has 0 saturated carbocycles. The first-order valence-electron chi connectivity index (χ1n) is 8.92. The summed E-state index contributed by atoms with van der Waals surface area (Å²) in [5.41, 5.74) is 7.93. The Morgan fingerprint density at radius 1 is 1.28 bits per heavy atom. The van der Waals surface area contributed by atoms with Crippen LogP contribution < -0.4 is 11.1 Å². The van der Waals surface area contributed by atoms with E-state index in [1.165, 1.54) is 24.6 Å². The van der Waals surface area contributed by atoms with Crippen LogP contribution in [-0.4, -0.2) is 35.4 Å². The number of carbonyl (C=O) groups excluding carboxylic acids is 1. The zero-order valence-corrected chi connectivity index (χ0v) is 14.7. The molecule has 0 spiro atoms. The molecule has 3 rings (SSSR count). The van der Waals surface area contributed by atoms with Gasteiger partial charge in [-0.05, 0) is 43.5 Å². The Kier molecular flexibility index (Phi) is 5.66. The van der Waals surface area contributed by atoms with Gasteiger partial charge in [0.15, 0.2) is 0 Å². The van der Waals surface area contributed by atoms with Crippen LogP contribution in [0, 0.1) is 5.92 Å². The lowest BCUT2D eigenvalue weighted by Crippen LogP contribution is -2.39. The summed E-state index contributed by atoms with van der Waals surface area (Å²) in [6.07, 6.45) is 5.65. The number of rotatable bonds is 6. The number of nitrogens with zero attached hydrogens (tertiary/aromatic N) is 2. The molecule has 1 aliphatic heterocycles. The number of pyridine rings is 1. The number of piperidine rings is 1. The fourth-order valence-electron chi connectivity index (χ4n) is 3.42. The summed E-state index contributed by atoms with van der Waals surface area (Å²) in [5.74, 6) is 0.334. The van der Waals surface area contributed by atoms with E-state index < -0.39 is 5.91 Å². The van der Waals surface area contributed by atoms with Crippen molar-refractivity contribution in [2.75, 3.05) is 25.0 Å². The van der Waals surface area contributed by atoms with E-state index in [4.69, 9.17) is 5.73 Å². The molecule has 25 heavy (non-hydrogen) atoms. The van der Waals surface area contributed by atoms with Crippen LogP contribution in [0.15, 0.2) is 48.8 Å². The molecule has 1 unspecified atom stereocenters. The van der Waals surface area contributed by atoms with Crippen molar-refractivity contribution in [3.05, 3.63) is 59.9 Å². The zero-order chi connectivity index (χ0) is 17.6. The molecule has 1 atom stereocenters. The Hall–Kier alpha value is -2.40. The highest BCUT2D eigenvalue weighted by atomic mass is 16.1. The minimum Gasteiger partial charge on any atom is -0.382 e. The molecular weight excluding hydrogens is 312 g/mol. The monoisotopic (exact) mass is 338 g/mol. The van der Waals surface area contributed by atoms with Gasteiger partial charge in [0, 0.05) is 18.9 Å². The molecule has 1 aliphatic rings. The molecule has 132 valence electrons. The normalized spacial score (nSPS) is 17.2. The van der Waals surface area contributed by atoms with Gasteiger partial charge in [-0.25, -0.2) is 0 Å². The second kappa shape index (κ2) is 8.12. The van der Waals surface area contributed by atoms with E-state index in [2.05, 4.69) is 46.4 Å². The van der Waals surface area contributed by atoms with Gasteiger partial charge >= 0.3 is 0 Å². The highest BCUT2D eigenvalue weighted by Crippen LogP contribution is 2.27. The van der Waals surface area contributed by atoms with Crippen molar-refractivity contribution in [2.24, 2.45) is 11.7 Å². The second-order valence-electron chi connectivity index (χ2n) is 6.81. The fourth-order valence-corrected chi connectivity index (χ4v) is 3.42. The third kappa shape index (κ3) is 4.37. The number of primary amides is 1. The van der Waals surface area contributed by atoms with E-state index in [0.717, 1.165) is 31.2 Å². The number of aromatic nitrogens is 1. The Labute approximate surface area is 149 Å². The number of hydrogen-bond donors (Lipinski definition) is 2. The Balaban J connectivity index is 1.78. The molecule has 0 bridgehead atoms. The molecule has 0 radical (unpaired) electrons. The number of nitrogens with two attached hydrogens (primary N) is 1. The molecule has 1 fully saturated rings. The van der Waals surface area contributed by atoms with Crippen molar-refractivity contribution >= 4 is 11.6 Å². The molecular formula is C20H26N4O. The molecule has 3 N–H and O–H groups in total. The van der Waals surface area contributed by atoms with Crippen LogP contribution in [0.4, 0.5) is 5.69 Å². The largest absolute Gasteiger partial charge is 0.382 e. The van der Waals surface area contributed by atoms with Gasteiger partial charge in [-0.1, -0.05) is 37.3 Å². The van der Waals surface area contributed by atoms with Crippen LogP contribution in [0.2, 0.25) is 0 Å². The average molecular weight is 338 g/mol. The lowest BCUT2D eigenvalue weighted by Gasteiger charge is -2.37. The van der Waals surface area contributed by atoms with Gasteiger partial charge < -0.3 is 11.1 Å².